The summed E-state index contributed by atoms with van der Waals surface area (Å²) in [6.07, 6.45) is 0. The van der Waals surface area contributed by atoms with Crippen LogP contribution in [-0.2, 0) is 5.41 Å². The van der Waals surface area contributed by atoms with Crippen LogP contribution in [0.4, 0.5) is 17.1 Å². The van der Waals surface area contributed by atoms with Crippen LogP contribution in [0.2, 0.25) is 0 Å². The molecule has 0 saturated carbocycles. The van der Waals surface area contributed by atoms with E-state index in [4.69, 9.17) is 0 Å². The third kappa shape index (κ3) is 4.70. The van der Waals surface area contributed by atoms with Crippen LogP contribution < -0.4 is 21.3 Å². The second-order valence-electron chi connectivity index (χ2n) is 21.6. The molecule has 0 amide bonds. The number of anilines is 3. The molecule has 2 aliphatic heterocycles. The van der Waals surface area contributed by atoms with Gasteiger partial charge in [0.1, 0.15) is 0 Å². The van der Waals surface area contributed by atoms with E-state index in [0.717, 1.165) is 22.6 Å². The molecular formula is C68H46BN3. The predicted octanol–water partition coefficient (Wildman–Crippen LogP) is 15.9. The van der Waals surface area contributed by atoms with Gasteiger partial charge in [0.2, 0.25) is 0 Å². The zero-order valence-electron chi connectivity index (χ0n) is 41.5. The average Bonchev–Trinajstić information content (AvgIpc) is 4.10. The molecule has 4 heteroatoms. The van der Waals surface area contributed by atoms with Crippen LogP contribution >= 0.6 is 0 Å². The molecule has 2 aromatic heterocycles. The summed E-state index contributed by atoms with van der Waals surface area (Å²) in [6.45, 7) is 8.80. The van der Waals surface area contributed by atoms with E-state index in [1.807, 2.05) is 13.8 Å². The number of hydrogen-bond acceptors (Lipinski definition) is 1. The summed E-state index contributed by atoms with van der Waals surface area (Å²) in [5.74, 6) is -0.804. The topological polar surface area (TPSA) is 13.1 Å². The molecule has 72 heavy (non-hydrogen) atoms. The highest BCUT2D eigenvalue weighted by molar-refractivity contribution is 7.00. The molecule has 336 valence electrons. The van der Waals surface area contributed by atoms with Crippen LogP contribution in [0.1, 0.15) is 51.7 Å². The lowest BCUT2D eigenvalue weighted by Gasteiger charge is -2.41. The first-order chi connectivity index (χ1) is 35.6. The number of rotatable bonds is 3. The highest BCUT2D eigenvalue weighted by Gasteiger charge is 2.46. The second-order valence-corrected chi connectivity index (χ2v) is 21.6. The third-order valence-corrected chi connectivity index (χ3v) is 17.4. The smallest absolute Gasteiger partial charge is 0.252 e. The van der Waals surface area contributed by atoms with Crippen LogP contribution in [0.15, 0.2) is 200 Å². The van der Waals surface area contributed by atoms with Crippen molar-refractivity contribution in [3.8, 4) is 44.8 Å². The average molecular weight is 917 g/mol. The summed E-state index contributed by atoms with van der Waals surface area (Å²) < 4.78 is 14.7. The molecule has 4 heterocycles. The molecule has 3 nitrogen and oxygen atoms in total. The Balaban J connectivity index is 1.09. The molecule has 0 unspecified atom stereocenters. The van der Waals surface area contributed by atoms with E-state index in [0.29, 0.717) is 0 Å². The number of benzene rings is 11. The van der Waals surface area contributed by atoms with E-state index >= 15 is 0 Å². The zero-order valence-corrected chi connectivity index (χ0v) is 40.5. The minimum atomic E-state index is -0.804. The molecule has 2 aliphatic carbocycles. The van der Waals surface area contributed by atoms with E-state index in [9.17, 15) is 1.37 Å². The predicted molar refractivity (Wildman–Crippen MR) is 306 cm³/mol. The zero-order chi connectivity index (χ0) is 48.4. The van der Waals surface area contributed by atoms with Gasteiger partial charge in [-0.15, -0.1) is 0 Å². The Morgan fingerprint density at radius 2 is 1.11 bits per heavy atom. The number of para-hydroxylation sites is 1. The van der Waals surface area contributed by atoms with Crippen LogP contribution in [0.25, 0.3) is 110 Å². The van der Waals surface area contributed by atoms with Crippen molar-refractivity contribution in [3.05, 3.63) is 217 Å². The Morgan fingerprint density at radius 3 is 1.92 bits per heavy atom. The molecule has 0 spiro atoms. The minimum absolute atomic E-state index is 0.121. The highest BCUT2D eigenvalue weighted by atomic mass is 15.2. The fourth-order valence-electron chi connectivity index (χ4n) is 14.4. The monoisotopic (exact) mass is 916 g/mol. The lowest BCUT2D eigenvalue weighted by atomic mass is 9.33. The van der Waals surface area contributed by atoms with Gasteiger partial charge in [-0.2, -0.15) is 0 Å². The van der Waals surface area contributed by atoms with Crippen molar-refractivity contribution in [2.24, 2.45) is 0 Å². The normalized spacial score (nSPS) is 14.6. The first kappa shape index (κ1) is 38.2. The third-order valence-electron chi connectivity index (χ3n) is 17.4. The molecule has 0 fully saturated rings. The second kappa shape index (κ2) is 13.4. The molecule has 13 aromatic rings. The van der Waals surface area contributed by atoms with Crippen LogP contribution in [-0.4, -0.2) is 15.8 Å². The Bertz CT molecular complexity index is 4700. The summed E-state index contributed by atoms with van der Waals surface area (Å²) in [6, 6.07) is 75.9. The van der Waals surface area contributed by atoms with Gasteiger partial charge in [-0.05, 0) is 148 Å². The Labute approximate surface area is 419 Å². The Hall–Kier alpha value is -8.60. The number of aromatic nitrogens is 2. The minimum Gasteiger partial charge on any atom is -0.311 e. The summed E-state index contributed by atoms with van der Waals surface area (Å²) in [4.78, 5) is 2.52. The van der Waals surface area contributed by atoms with E-state index in [2.05, 4.69) is 228 Å². The highest BCUT2D eigenvalue weighted by Crippen LogP contribution is 2.55. The largest absolute Gasteiger partial charge is 0.311 e. The maximum absolute atomic E-state index is 9.47. The van der Waals surface area contributed by atoms with Crippen molar-refractivity contribution >= 4 is 105 Å². The van der Waals surface area contributed by atoms with Crippen molar-refractivity contribution in [1.82, 2.24) is 9.13 Å². The van der Waals surface area contributed by atoms with Crippen LogP contribution in [0.3, 0.4) is 0 Å². The fourth-order valence-corrected chi connectivity index (χ4v) is 14.4. The van der Waals surface area contributed by atoms with Crippen LogP contribution in [0, 0.1) is 0 Å². The van der Waals surface area contributed by atoms with Crippen molar-refractivity contribution in [2.45, 2.75) is 39.0 Å². The maximum Gasteiger partial charge on any atom is 0.252 e. The molecule has 0 N–H and O–H groups in total. The first-order valence-electron chi connectivity index (χ1n) is 26.0. The van der Waals surface area contributed by atoms with E-state index in [1.54, 1.807) is 0 Å². The maximum atomic E-state index is 9.47. The standard InChI is InChI=1S/C68H46BN3/c1-38(2)40-29-30-55-53(33-40)69-54-37-50-47-23-12-13-26-52(47)68(3,4)65(50)63-51-32-41-16-8-9-17-42(41)34-58(51)72(67(54)63)60-36-44(35-59(66(60)69)70(55)43-19-6-5-7-20-43)71-56-27-15-25-49-46-22-11-10-21-45(46)48-24-14-18-39-28-31-57(71)64(61(39)48)62(49)56/h5-38H,1-4H3/i38D. The van der Waals surface area contributed by atoms with Gasteiger partial charge in [-0.3, -0.25) is 0 Å². The molecule has 4 aliphatic rings. The number of nitrogens with zero attached hydrogens (tertiary/aromatic N) is 3. The molecule has 11 aromatic carbocycles. The van der Waals surface area contributed by atoms with Gasteiger partial charge in [0.05, 0.1) is 22.2 Å². The molecule has 0 saturated heterocycles. The van der Waals surface area contributed by atoms with E-state index in [-0.39, 0.29) is 12.1 Å². The molecule has 0 bridgehead atoms. The lowest BCUT2D eigenvalue weighted by molar-refractivity contribution is 0.666. The quantitative estimate of drug-likeness (QED) is 0.161. The van der Waals surface area contributed by atoms with Gasteiger partial charge in [0, 0.05) is 56.6 Å². The molecular weight excluding hydrogens is 870 g/mol. The van der Waals surface area contributed by atoms with Gasteiger partial charge in [-0.25, -0.2) is 0 Å². The Kier molecular flexibility index (Phi) is 7.12. The van der Waals surface area contributed by atoms with Gasteiger partial charge < -0.3 is 14.0 Å². The SMILES string of the molecule is [2H]C(C)(C)c1ccc2c(c1)B1c3c(cc(-n4c5cccc6c5c5c7c(cccc7ccc54)-c4ccccc4-6)cc3-n3c4cc5ccccc5cc4c4c5c(cc1c43)-c1ccccc1C5(C)C)N2c1ccccc1. The summed E-state index contributed by atoms with van der Waals surface area (Å²) in [7, 11) is 0. The molecule has 0 radical (unpaired) electrons. The molecule has 17 rings (SSSR count). The van der Waals surface area contributed by atoms with E-state index < -0.39 is 5.89 Å². The van der Waals surface area contributed by atoms with Crippen LogP contribution in [0.5, 0.6) is 0 Å². The van der Waals surface area contributed by atoms with Crippen molar-refractivity contribution in [2.75, 3.05) is 4.90 Å². The molecule has 0 atom stereocenters. The van der Waals surface area contributed by atoms with Gasteiger partial charge in [-0.1, -0.05) is 173 Å². The van der Waals surface area contributed by atoms with Gasteiger partial charge >= 0.3 is 0 Å². The summed E-state index contributed by atoms with van der Waals surface area (Å²) in [5, 5.41) is 10.3. The van der Waals surface area contributed by atoms with Crippen molar-refractivity contribution in [3.63, 3.8) is 0 Å². The first-order valence-corrected chi connectivity index (χ1v) is 25.5. The van der Waals surface area contributed by atoms with E-state index in [1.165, 1.54) is 137 Å². The van der Waals surface area contributed by atoms with Gasteiger partial charge in [0.15, 0.2) is 0 Å². The van der Waals surface area contributed by atoms with Gasteiger partial charge in [0.25, 0.3) is 6.71 Å². The number of hydrogen-bond donors (Lipinski definition) is 0. The fraction of sp³-hybridized carbons (Fsp3) is 0.0882. The van der Waals surface area contributed by atoms with Crippen molar-refractivity contribution in [1.29, 1.82) is 0 Å². The van der Waals surface area contributed by atoms with Crippen molar-refractivity contribution < 1.29 is 1.37 Å². The number of fused-ring (bicyclic) bond motifs is 15. The Morgan fingerprint density at radius 1 is 0.444 bits per heavy atom. The summed E-state index contributed by atoms with van der Waals surface area (Å²) in [5.41, 5.74) is 25.8. The summed E-state index contributed by atoms with van der Waals surface area (Å²) >= 11 is 0. The lowest BCUT2D eigenvalue weighted by Crippen LogP contribution is -2.60.